The van der Waals surface area contributed by atoms with Crippen LogP contribution < -0.4 is 5.32 Å². The minimum atomic E-state index is -0.356. The number of hydrogen-bond acceptors (Lipinski definition) is 5. The predicted molar refractivity (Wildman–Crippen MR) is 103 cm³/mol. The highest BCUT2D eigenvalue weighted by Gasteiger charge is 2.14. The fourth-order valence-electron chi connectivity index (χ4n) is 2.59. The number of nitrogens with zero attached hydrogens (tertiary/aromatic N) is 3. The molecule has 4 rings (SSSR count). The van der Waals surface area contributed by atoms with Crippen LogP contribution in [0, 0.1) is 5.82 Å². The molecule has 0 aromatic carbocycles. The van der Waals surface area contributed by atoms with E-state index in [-0.39, 0.29) is 5.82 Å². The number of anilines is 1. The number of H-pyrrole nitrogens is 1. The molecule has 0 saturated carbocycles. The van der Waals surface area contributed by atoms with Gasteiger partial charge in [-0.25, -0.2) is 14.4 Å². The molecule has 5 nitrogen and oxygen atoms in total. The maximum Gasteiger partial charge on any atom is 0.184 e. The maximum atomic E-state index is 13.6. The third kappa shape index (κ3) is 3.51. The molecule has 0 amide bonds. The Morgan fingerprint density at radius 3 is 2.96 bits per heavy atom. The Labute approximate surface area is 162 Å². The number of hydrogen-bond donors (Lipinski definition) is 2. The van der Waals surface area contributed by atoms with Gasteiger partial charge in [0.2, 0.25) is 0 Å². The normalized spacial score (nSPS) is 11.2. The van der Waals surface area contributed by atoms with Gasteiger partial charge in [0, 0.05) is 42.5 Å². The van der Waals surface area contributed by atoms with Crippen molar-refractivity contribution in [3.8, 4) is 0 Å². The molecule has 132 valence electrons. The first kappa shape index (κ1) is 17.2. The van der Waals surface area contributed by atoms with E-state index in [2.05, 4.69) is 25.3 Å². The second-order valence-corrected chi connectivity index (χ2v) is 7.47. The number of aromatic nitrogens is 4. The fourth-order valence-corrected chi connectivity index (χ4v) is 3.93. The Morgan fingerprint density at radius 2 is 2.12 bits per heavy atom. The van der Waals surface area contributed by atoms with E-state index in [0.29, 0.717) is 33.8 Å². The predicted octanol–water partition coefficient (Wildman–Crippen LogP) is 5.06. The number of pyridine rings is 2. The Hall–Kier alpha value is -2.22. The molecule has 0 unspecified atom stereocenters. The first-order valence-electron chi connectivity index (χ1n) is 7.69. The van der Waals surface area contributed by atoms with Crippen molar-refractivity contribution < 1.29 is 4.39 Å². The molecule has 26 heavy (non-hydrogen) atoms. The van der Waals surface area contributed by atoms with E-state index in [1.54, 1.807) is 18.5 Å². The van der Waals surface area contributed by atoms with Gasteiger partial charge in [0.25, 0.3) is 0 Å². The molecule has 0 saturated heterocycles. The van der Waals surface area contributed by atoms with Crippen molar-refractivity contribution in [3.63, 3.8) is 0 Å². The van der Waals surface area contributed by atoms with Crippen molar-refractivity contribution in [1.82, 2.24) is 19.9 Å². The molecule has 0 bridgehead atoms. The van der Waals surface area contributed by atoms with Crippen LogP contribution in [0.1, 0.15) is 16.0 Å². The summed E-state index contributed by atoms with van der Waals surface area (Å²) in [5, 5.41) is 5.70. The molecule has 4 aromatic heterocycles. The summed E-state index contributed by atoms with van der Waals surface area (Å²) in [5.74, 6) is -0.356. The minimum Gasteiger partial charge on any atom is -0.357 e. The maximum absolute atomic E-state index is 13.6. The van der Waals surface area contributed by atoms with Crippen molar-refractivity contribution in [2.75, 3.05) is 5.32 Å². The smallest absolute Gasteiger partial charge is 0.184 e. The number of thiazole rings is 1. The highest BCUT2D eigenvalue weighted by atomic mass is 35.5. The molecule has 9 heteroatoms. The third-order valence-electron chi connectivity index (χ3n) is 3.87. The van der Waals surface area contributed by atoms with Crippen molar-refractivity contribution in [2.24, 2.45) is 0 Å². The Morgan fingerprint density at radius 1 is 1.23 bits per heavy atom. The Bertz CT molecular complexity index is 1080. The van der Waals surface area contributed by atoms with Gasteiger partial charge in [-0.3, -0.25) is 4.98 Å². The van der Waals surface area contributed by atoms with Crippen LogP contribution in [0.25, 0.3) is 11.0 Å². The number of fused-ring (bicyclic) bond motifs is 1. The van der Waals surface area contributed by atoms with Gasteiger partial charge < -0.3 is 10.3 Å². The molecule has 0 aliphatic heterocycles. The zero-order valence-electron chi connectivity index (χ0n) is 13.3. The Kier molecular flexibility index (Phi) is 4.76. The van der Waals surface area contributed by atoms with Crippen molar-refractivity contribution in [1.29, 1.82) is 0 Å². The fraction of sp³-hybridized carbons (Fsp3) is 0.118. The van der Waals surface area contributed by atoms with E-state index >= 15 is 0 Å². The van der Waals surface area contributed by atoms with Crippen LogP contribution in [-0.4, -0.2) is 19.9 Å². The lowest BCUT2D eigenvalue weighted by molar-refractivity contribution is 0.606. The number of aromatic amines is 1. The van der Waals surface area contributed by atoms with Crippen LogP contribution >= 0.6 is 34.5 Å². The van der Waals surface area contributed by atoms with Gasteiger partial charge in [0.1, 0.15) is 16.6 Å². The van der Waals surface area contributed by atoms with Gasteiger partial charge in [-0.15, -0.1) is 11.3 Å². The lowest BCUT2D eigenvalue weighted by Crippen LogP contribution is -2.01. The molecule has 4 aromatic rings. The SMILES string of the molecule is Fc1cnccc1CNc1nc(Cl)c(Cc2c[nH]c3ncc(Cl)cc23)s1. The lowest BCUT2D eigenvalue weighted by atomic mass is 10.1. The second kappa shape index (κ2) is 7.19. The quantitative estimate of drug-likeness (QED) is 0.484. The molecule has 0 fully saturated rings. The molecule has 4 heterocycles. The van der Waals surface area contributed by atoms with Crippen molar-refractivity contribution >= 4 is 50.7 Å². The van der Waals surface area contributed by atoms with Gasteiger partial charge in [0.05, 0.1) is 16.1 Å². The summed E-state index contributed by atoms with van der Waals surface area (Å²) in [6.07, 6.45) is 6.83. The monoisotopic (exact) mass is 407 g/mol. The average Bonchev–Trinajstić information content (AvgIpc) is 3.18. The molecule has 0 radical (unpaired) electrons. The van der Waals surface area contributed by atoms with Crippen LogP contribution in [0.4, 0.5) is 9.52 Å². The molecular weight excluding hydrogens is 396 g/mol. The van der Waals surface area contributed by atoms with E-state index in [0.717, 1.165) is 21.5 Å². The highest BCUT2D eigenvalue weighted by Crippen LogP contribution is 2.31. The summed E-state index contributed by atoms with van der Waals surface area (Å²) in [4.78, 5) is 16.3. The molecule has 0 atom stereocenters. The molecule has 0 aliphatic rings. The zero-order valence-corrected chi connectivity index (χ0v) is 15.6. The van der Waals surface area contributed by atoms with Gasteiger partial charge in [-0.05, 0) is 17.7 Å². The van der Waals surface area contributed by atoms with Crippen molar-refractivity contribution in [2.45, 2.75) is 13.0 Å². The number of rotatable bonds is 5. The third-order valence-corrected chi connectivity index (χ3v) is 5.52. The second-order valence-electron chi connectivity index (χ2n) is 5.59. The highest BCUT2D eigenvalue weighted by molar-refractivity contribution is 7.16. The van der Waals surface area contributed by atoms with E-state index in [1.165, 1.54) is 17.5 Å². The van der Waals surface area contributed by atoms with Gasteiger partial charge in [-0.2, -0.15) is 0 Å². The van der Waals surface area contributed by atoms with Crippen LogP contribution in [0.2, 0.25) is 10.2 Å². The molecule has 2 N–H and O–H groups in total. The largest absolute Gasteiger partial charge is 0.357 e. The molecule has 0 spiro atoms. The summed E-state index contributed by atoms with van der Waals surface area (Å²) < 4.78 is 13.6. The van der Waals surface area contributed by atoms with Crippen LogP contribution in [0.3, 0.4) is 0 Å². The van der Waals surface area contributed by atoms with Crippen LogP contribution in [0.5, 0.6) is 0 Å². The first-order valence-corrected chi connectivity index (χ1v) is 9.26. The minimum absolute atomic E-state index is 0.310. The summed E-state index contributed by atoms with van der Waals surface area (Å²) >= 11 is 13.8. The van der Waals surface area contributed by atoms with E-state index in [1.807, 2.05) is 12.3 Å². The summed E-state index contributed by atoms with van der Waals surface area (Å²) in [5.41, 5.74) is 2.33. The number of nitrogens with one attached hydrogen (secondary N) is 2. The zero-order chi connectivity index (χ0) is 18.1. The summed E-state index contributed by atoms with van der Waals surface area (Å²) in [6.45, 7) is 0.310. The van der Waals surface area contributed by atoms with Crippen LogP contribution in [-0.2, 0) is 13.0 Å². The van der Waals surface area contributed by atoms with Crippen molar-refractivity contribution in [3.05, 3.63) is 68.9 Å². The summed E-state index contributed by atoms with van der Waals surface area (Å²) in [6, 6.07) is 3.50. The lowest BCUT2D eigenvalue weighted by Gasteiger charge is -2.03. The average molecular weight is 408 g/mol. The molecular formula is C17H12Cl2FN5S. The topological polar surface area (TPSA) is 66.5 Å². The number of halogens is 3. The standard InChI is InChI=1S/C17H12Cl2FN5S/c18-11-4-12-10(6-22-16(12)23-7-11)3-14-15(19)25-17(26-14)24-5-9-1-2-21-8-13(9)20/h1-2,4,6-8H,3,5H2,(H,22,23)(H,24,25). The van der Waals surface area contributed by atoms with E-state index < -0.39 is 0 Å². The molecule has 0 aliphatic carbocycles. The van der Waals surface area contributed by atoms with Gasteiger partial charge in [0.15, 0.2) is 5.13 Å². The van der Waals surface area contributed by atoms with Gasteiger partial charge in [-0.1, -0.05) is 23.2 Å². The van der Waals surface area contributed by atoms with Crippen LogP contribution in [0.15, 0.2) is 36.9 Å². The Balaban J connectivity index is 1.53. The van der Waals surface area contributed by atoms with E-state index in [9.17, 15) is 4.39 Å². The summed E-state index contributed by atoms with van der Waals surface area (Å²) in [7, 11) is 0. The van der Waals surface area contributed by atoms with E-state index in [4.69, 9.17) is 23.2 Å². The van der Waals surface area contributed by atoms with Gasteiger partial charge >= 0.3 is 0 Å². The first-order chi connectivity index (χ1) is 12.6.